The molecule has 284 valence electrons. The Bertz CT molecular complexity index is 1340. The number of rotatable bonds is 9. The predicted molar refractivity (Wildman–Crippen MR) is 194 cm³/mol. The SMILES string of the molecule is C/C=C(\C)C(=O)OC[C@]1(C)C2CC[C@]3(C)C(CC=CC4C5CC(C)(C)[C@@H](O)[C@H](O)[C@]5(COC(=O)CCCCC)[C@H](O)C[C@]43C)[C@@]2(C)CC[C@@H]1O. The molecule has 4 N–H and O–H groups in total. The number of aliphatic hydroxyl groups is 4. The summed E-state index contributed by atoms with van der Waals surface area (Å²) in [7, 11) is 0. The van der Waals surface area contributed by atoms with Crippen molar-refractivity contribution >= 4 is 11.9 Å². The summed E-state index contributed by atoms with van der Waals surface area (Å²) in [6, 6.07) is 0. The van der Waals surface area contributed by atoms with E-state index in [0.29, 0.717) is 31.3 Å². The fourth-order valence-electron chi connectivity index (χ4n) is 12.5. The summed E-state index contributed by atoms with van der Waals surface area (Å²) < 4.78 is 11.8. The zero-order valence-electron chi connectivity index (χ0n) is 32.5. The highest BCUT2D eigenvalue weighted by Crippen LogP contribution is 2.75. The smallest absolute Gasteiger partial charge is 0.333 e. The van der Waals surface area contributed by atoms with Gasteiger partial charge in [-0.3, -0.25) is 4.79 Å². The van der Waals surface area contributed by atoms with Gasteiger partial charge < -0.3 is 29.9 Å². The second kappa shape index (κ2) is 13.9. The number of ether oxygens (including phenoxy) is 2. The molecule has 0 heterocycles. The highest BCUT2D eigenvalue weighted by molar-refractivity contribution is 5.87. The molecule has 0 bridgehead atoms. The van der Waals surface area contributed by atoms with Crippen LogP contribution in [-0.2, 0) is 19.1 Å². The van der Waals surface area contributed by atoms with Crippen LogP contribution in [0.2, 0.25) is 0 Å². The maximum Gasteiger partial charge on any atom is 0.333 e. The Morgan fingerprint density at radius 3 is 2.20 bits per heavy atom. The molecule has 0 aliphatic heterocycles. The highest BCUT2D eigenvalue weighted by Gasteiger charge is 2.73. The third-order valence-corrected chi connectivity index (χ3v) is 16.1. The fraction of sp³-hybridized carbons (Fsp3) is 0.857. The number of unbranched alkanes of at least 4 members (excludes halogenated alkanes) is 2. The molecule has 8 nitrogen and oxygen atoms in total. The lowest BCUT2D eigenvalue weighted by Crippen LogP contribution is -2.72. The lowest BCUT2D eigenvalue weighted by Gasteiger charge is -2.71. The second-order valence-electron chi connectivity index (χ2n) is 18.9. The van der Waals surface area contributed by atoms with Crippen LogP contribution in [0.25, 0.3) is 0 Å². The molecule has 4 fully saturated rings. The van der Waals surface area contributed by atoms with Crippen molar-refractivity contribution in [3.63, 3.8) is 0 Å². The minimum absolute atomic E-state index is 0.0217. The molecule has 50 heavy (non-hydrogen) atoms. The summed E-state index contributed by atoms with van der Waals surface area (Å²) in [5, 5.41) is 47.5. The van der Waals surface area contributed by atoms with Gasteiger partial charge in [0.2, 0.25) is 0 Å². The van der Waals surface area contributed by atoms with Crippen molar-refractivity contribution in [2.75, 3.05) is 13.2 Å². The van der Waals surface area contributed by atoms with Crippen molar-refractivity contribution in [1.82, 2.24) is 0 Å². The predicted octanol–water partition coefficient (Wildman–Crippen LogP) is 6.92. The molecule has 5 aliphatic carbocycles. The molecule has 4 saturated carbocycles. The minimum Gasteiger partial charge on any atom is -0.465 e. The number of hydrogen-bond donors (Lipinski definition) is 4. The number of aliphatic hydroxyl groups excluding tert-OH is 4. The van der Waals surface area contributed by atoms with Crippen LogP contribution in [0.1, 0.15) is 133 Å². The maximum absolute atomic E-state index is 13.0. The molecule has 13 atom stereocenters. The van der Waals surface area contributed by atoms with Gasteiger partial charge in [-0.25, -0.2) is 4.79 Å². The van der Waals surface area contributed by atoms with Gasteiger partial charge in [0.1, 0.15) is 6.61 Å². The van der Waals surface area contributed by atoms with Crippen molar-refractivity contribution in [3.8, 4) is 0 Å². The fourth-order valence-corrected chi connectivity index (χ4v) is 12.5. The summed E-state index contributed by atoms with van der Waals surface area (Å²) in [5.74, 6) is -0.528. The van der Waals surface area contributed by atoms with Crippen LogP contribution in [0.5, 0.6) is 0 Å². The summed E-state index contributed by atoms with van der Waals surface area (Å²) >= 11 is 0. The van der Waals surface area contributed by atoms with Crippen molar-refractivity contribution < 1.29 is 39.5 Å². The van der Waals surface area contributed by atoms with E-state index in [1.54, 1.807) is 13.0 Å². The van der Waals surface area contributed by atoms with Gasteiger partial charge in [0, 0.05) is 17.4 Å². The lowest BCUT2D eigenvalue weighted by molar-refractivity contribution is -0.289. The molecular formula is C42H68O8. The van der Waals surface area contributed by atoms with Gasteiger partial charge in [-0.05, 0) is 111 Å². The number of carbonyl (C=O) groups is 2. The number of hydrogen-bond acceptors (Lipinski definition) is 8. The van der Waals surface area contributed by atoms with E-state index in [1.165, 1.54) is 0 Å². The molecule has 8 heteroatoms. The largest absolute Gasteiger partial charge is 0.465 e. The molecular weight excluding hydrogens is 632 g/mol. The molecule has 4 unspecified atom stereocenters. The summed E-state index contributed by atoms with van der Waals surface area (Å²) in [4.78, 5) is 25.7. The summed E-state index contributed by atoms with van der Waals surface area (Å²) in [6.45, 7) is 19.0. The van der Waals surface area contributed by atoms with E-state index in [9.17, 15) is 30.0 Å². The van der Waals surface area contributed by atoms with Crippen molar-refractivity contribution in [3.05, 3.63) is 23.8 Å². The first-order chi connectivity index (χ1) is 23.3. The van der Waals surface area contributed by atoms with E-state index in [-0.39, 0.29) is 65.1 Å². The number of fused-ring (bicyclic) bond motifs is 7. The van der Waals surface area contributed by atoms with Gasteiger partial charge in [0.15, 0.2) is 0 Å². The van der Waals surface area contributed by atoms with Crippen molar-refractivity contribution in [2.24, 2.45) is 56.2 Å². The van der Waals surface area contributed by atoms with E-state index < -0.39 is 40.7 Å². The lowest BCUT2D eigenvalue weighted by atomic mass is 9.34. The Morgan fingerprint density at radius 2 is 1.54 bits per heavy atom. The van der Waals surface area contributed by atoms with Crippen LogP contribution in [0.4, 0.5) is 0 Å². The van der Waals surface area contributed by atoms with Crippen LogP contribution >= 0.6 is 0 Å². The highest BCUT2D eigenvalue weighted by atomic mass is 16.5. The monoisotopic (exact) mass is 700 g/mol. The van der Waals surface area contributed by atoms with Crippen LogP contribution in [0.3, 0.4) is 0 Å². The van der Waals surface area contributed by atoms with Crippen LogP contribution in [0, 0.1) is 56.2 Å². The molecule has 0 aromatic heterocycles. The second-order valence-corrected chi connectivity index (χ2v) is 18.9. The van der Waals surface area contributed by atoms with E-state index in [4.69, 9.17) is 9.47 Å². The average Bonchev–Trinajstić information content (AvgIpc) is 3.17. The van der Waals surface area contributed by atoms with Crippen LogP contribution < -0.4 is 0 Å². The zero-order chi connectivity index (χ0) is 37.1. The zero-order valence-corrected chi connectivity index (χ0v) is 32.5. The van der Waals surface area contributed by atoms with Gasteiger partial charge in [-0.1, -0.05) is 79.5 Å². The number of allylic oxidation sites excluding steroid dienone is 3. The van der Waals surface area contributed by atoms with Gasteiger partial charge in [0.25, 0.3) is 0 Å². The quantitative estimate of drug-likeness (QED) is 0.0882. The van der Waals surface area contributed by atoms with Crippen LogP contribution in [0.15, 0.2) is 23.8 Å². The summed E-state index contributed by atoms with van der Waals surface area (Å²) in [6.07, 6.45) is 10.6. The van der Waals surface area contributed by atoms with Crippen LogP contribution in [-0.4, -0.2) is 70.0 Å². The molecule has 0 radical (unpaired) electrons. The standard InChI is InChI=1S/C42H68O8/c1-10-12-13-17-33(45)49-25-42-28(22-37(4,5)34(46)35(42)47)27-15-14-16-30-38(6)20-19-31(43)39(7,24-50-36(48)26(3)11-2)29(38)18-21-40(30,8)41(27,9)23-32(42)44/h11,14-15,27-32,34-35,43-44,46-47H,10,12-13,16-25H2,1-9H3/b26-11+/t27?,28?,29?,30?,31-,32+,34-,35-,38-,39+,40+,41+,42-/m0/s1. The Labute approximate surface area is 301 Å². The topological polar surface area (TPSA) is 134 Å². The first-order valence-corrected chi connectivity index (χ1v) is 19.6. The Kier molecular flexibility index (Phi) is 11.0. The van der Waals surface area contributed by atoms with E-state index in [1.807, 2.05) is 20.8 Å². The Hall–Kier alpha value is -1.74. The maximum atomic E-state index is 13.0. The molecule has 5 aliphatic rings. The first kappa shape index (κ1) is 39.5. The molecule has 0 aromatic carbocycles. The van der Waals surface area contributed by atoms with Crippen molar-refractivity contribution in [2.45, 2.75) is 157 Å². The number of carbonyl (C=O) groups excluding carboxylic acids is 2. The average molecular weight is 701 g/mol. The first-order valence-electron chi connectivity index (χ1n) is 19.6. The third kappa shape index (κ3) is 5.94. The van der Waals surface area contributed by atoms with Crippen molar-refractivity contribution in [1.29, 1.82) is 0 Å². The van der Waals surface area contributed by atoms with Gasteiger partial charge in [0.05, 0.1) is 36.4 Å². The Balaban J connectivity index is 1.51. The minimum atomic E-state index is -1.25. The van der Waals surface area contributed by atoms with Gasteiger partial charge in [-0.15, -0.1) is 0 Å². The van der Waals surface area contributed by atoms with E-state index >= 15 is 0 Å². The molecule has 0 amide bonds. The molecule has 0 spiro atoms. The Morgan fingerprint density at radius 1 is 0.840 bits per heavy atom. The molecule has 0 aromatic rings. The van der Waals surface area contributed by atoms with Gasteiger partial charge in [-0.2, -0.15) is 0 Å². The normalized spacial score (nSPS) is 46.8. The van der Waals surface area contributed by atoms with E-state index in [0.717, 1.165) is 44.9 Å². The third-order valence-electron chi connectivity index (χ3n) is 16.1. The summed E-state index contributed by atoms with van der Waals surface area (Å²) in [5.41, 5.74) is -2.55. The van der Waals surface area contributed by atoms with Gasteiger partial charge >= 0.3 is 11.9 Å². The van der Waals surface area contributed by atoms with E-state index in [2.05, 4.69) is 46.8 Å². The number of esters is 2. The molecule has 0 saturated heterocycles. The molecule has 5 rings (SSSR count).